The molecule has 1 N–H and O–H groups in total. The van der Waals surface area contributed by atoms with Gasteiger partial charge in [-0.15, -0.1) is 0 Å². The van der Waals surface area contributed by atoms with Crippen molar-refractivity contribution in [3.63, 3.8) is 0 Å². The lowest BCUT2D eigenvalue weighted by atomic mass is 9.84. The SMILES string of the molecule is CC1=C(C(=O)OCc2ccccc2)C(c2ccc(Cl)cc2F)CC(=O)N1. The minimum absolute atomic E-state index is 0.0360. The second-order valence-electron chi connectivity index (χ2n) is 6.07. The number of carbonyl (C=O) groups is 2. The second kappa shape index (κ2) is 7.70. The Kier molecular flexibility index (Phi) is 5.38. The average molecular weight is 374 g/mol. The van der Waals surface area contributed by atoms with Crippen LogP contribution in [0.15, 0.2) is 59.8 Å². The molecule has 0 aromatic heterocycles. The Morgan fingerprint density at radius 2 is 2.00 bits per heavy atom. The molecule has 3 rings (SSSR count). The Labute approximate surface area is 155 Å². The maximum atomic E-state index is 14.4. The highest BCUT2D eigenvalue weighted by molar-refractivity contribution is 6.30. The third-order valence-corrected chi connectivity index (χ3v) is 4.47. The van der Waals surface area contributed by atoms with Crippen molar-refractivity contribution in [3.8, 4) is 0 Å². The molecule has 4 nitrogen and oxygen atoms in total. The molecule has 2 aromatic rings. The predicted molar refractivity (Wildman–Crippen MR) is 95.8 cm³/mol. The lowest BCUT2D eigenvalue weighted by Crippen LogP contribution is -2.34. The molecule has 6 heteroatoms. The number of rotatable bonds is 4. The average Bonchev–Trinajstić information content (AvgIpc) is 2.60. The minimum atomic E-state index is -0.718. The molecule has 1 heterocycles. The zero-order valence-corrected chi connectivity index (χ0v) is 14.8. The van der Waals surface area contributed by atoms with Crippen LogP contribution < -0.4 is 5.32 Å². The van der Waals surface area contributed by atoms with Crippen molar-refractivity contribution >= 4 is 23.5 Å². The van der Waals surface area contributed by atoms with Gasteiger partial charge in [-0.25, -0.2) is 9.18 Å². The fraction of sp³-hybridized carbons (Fsp3) is 0.200. The molecule has 134 valence electrons. The summed E-state index contributed by atoms with van der Waals surface area (Å²) >= 11 is 5.81. The highest BCUT2D eigenvalue weighted by Crippen LogP contribution is 2.35. The van der Waals surface area contributed by atoms with E-state index in [1.807, 2.05) is 30.3 Å². The lowest BCUT2D eigenvalue weighted by Gasteiger charge is -2.27. The van der Waals surface area contributed by atoms with Crippen LogP contribution in [-0.2, 0) is 20.9 Å². The van der Waals surface area contributed by atoms with Crippen LogP contribution in [0.3, 0.4) is 0 Å². The van der Waals surface area contributed by atoms with Crippen LogP contribution in [0.25, 0.3) is 0 Å². The van der Waals surface area contributed by atoms with Crippen LogP contribution in [0.1, 0.15) is 30.4 Å². The number of hydrogen-bond donors (Lipinski definition) is 1. The van der Waals surface area contributed by atoms with Crippen LogP contribution in [0, 0.1) is 5.82 Å². The Morgan fingerprint density at radius 1 is 1.27 bits per heavy atom. The van der Waals surface area contributed by atoms with Crippen molar-refractivity contribution in [2.75, 3.05) is 0 Å². The standard InChI is InChI=1S/C20H17ClFNO3/c1-12-19(20(25)26-11-13-5-3-2-4-6-13)16(10-18(24)23-12)15-8-7-14(21)9-17(15)22/h2-9,16H,10-11H2,1H3,(H,23,24). The number of allylic oxidation sites excluding steroid dienone is 1. The quantitative estimate of drug-likeness (QED) is 0.821. The fourth-order valence-corrected chi connectivity index (χ4v) is 3.18. The number of carbonyl (C=O) groups excluding carboxylic acids is 2. The second-order valence-corrected chi connectivity index (χ2v) is 6.51. The van der Waals surface area contributed by atoms with Crippen LogP contribution >= 0.6 is 11.6 Å². The van der Waals surface area contributed by atoms with Gasteiger partial charge in [0, 0.05) is 23.1 Å². The van der Waals surface area contributed by atoms with Gasteiger partial charge in [-0.1, -0.05) is 48.0 Å². The van der Waals surface area contributed by atoms with Gasteiger partial charge in [0.2, 0.25) is 5.91 Å². The Hall–Kier alpha value is -2.66. The number of hydrogen-bond acceptors (Lipinski definition) is 3. The van der Waals surface area contributed by atoms with Crippen molar-refractivity contribution in [3.05, 3.63) is 81.8 Å². The topological polar surface area (TPSA) is 55.4 Å². The van der Waals surface area contributed by atoms with Gasteiger partial charge < -0.3 is 10.1 Å². The van der Waals surface area contributed by atoms with Gasteiger partial charge in [0.15, 0.2) is 0 Å². The summed E-state index contributed by atoms with van der Waals surface area (Å²) in [7, 11) is 0. The van der Waals surface area contributed by atoms with Gasteiger partial charge in [-0.2, -0.15) is 0 Å². The molecule has 1 aliphatic rings. The van der Waals surface area contributed by atoms with E-state index in [2.05, 4.69) is 5.32 Å². The molecule has 0 bridgehead atoms. The molecule has 1 atom stereocenters. The largest absolute Gasteiger partial charge is 0.457 e. The van der Waals surface area contributed by atoms with E-state index in [4.69, 9.17) is 16.3 Å². The van der Waals surface area contributed by atoms with Gasteiger partial charge in [0.05, 0.1) is 5.57 Å². The third-order valence-electron chi connectivity index (χ3n) is 4.24. The van der Waals surface area contributed by atoms with Crippen molar-refractivity contribution in [2.24, 2.45) is 0 Å². The number of esters is 1. The minimum Gasteiger partial charge on any atom is -0.457 e. The van der Waals surface area contributed by atoms with Gasteiger partial charge >= 0.3 is 5.97 Å². The first-order valence-corrected chi connectivity index (χ1v) is 8.50. The summed E-state index contributed by atoms with van der Waals surface area (Å²) < 4.78 is 19.8. The van der Waals surface area contributed by atoms with E-state index in [9.17, 15) is 14.0 Å². The summed E-state index contributed by atoms with van der Waals surface area (Å²) in [5.74, 6) is -2.13. The van der Waals surface area contributed by atoms with Gasteiger partial charge in [0.1, 0.15) is 12.4 Å². The van der Waals surface area contributed by atoms with E-state index >= 15 is 0 Å². The molecule has 26 heavy (non-hydrogen) atoms. The van der Waals surface area contributed by atoms with Crippen LogP contribution in [0.2, 0.25) is 5.02 Å². The fourth-order valence-electron chi connectivity index (χ4n) is 3.02. The molecule has 0 spiro atoms. The van der Waals surface area contributed by atoms with E-state index in [1.54, 1.807) is 6.92 Å². The number of nitrogens with one attached hydrogen (secondary N) is 1. The van der Waals surface area contributed by atoms with E-state index in [0.717, 1.165) is 5.56 Å². The normalized spacial score (nSPS) is 17.0. The summed E-state index contributed by atoms with van der Waals surface area (Å²) in [4.78, 5) is 24.6. The number of halogens is 2. The summed E-state index contributed by atoms with van der Waals surface area (Å²) in [5, 5.41) is 2.88. The molecule has 1 unspecified atom stereocenters. The molecular formula is C20H17ClFNO3. The molecule has 0 saturated carbocycles. The van der Waals surface area contributed by atoms with Crippen molar-refractivity contribution in [2.45, 2.75) is 25.9 Å². The zero-order valence-electron chi connectivity index (χ0n) is 14.1. The highest BCUT2D eigenvalue weighted by atomic mass is 35.5. The summed E-state index contributed by atoms with van der Waals surface area (Å²) in [5.41, 5.74) is 1.71. The first-order chi connectivity index (χ1) is 12.5. The predicted octanol–water partition coefficient (Wildman–Crippen LogP) is 4.10. The van der Waals surface area contributed by atoms with E-state index in [-0.39, 0.29) is 35.1 Å². The molecule has 0 aliphatic carbocycles. The first-order valence-electron chi connectivity index (χ1n) is 8.12. The van der Waals surface area contributed by atoms with Gasteiger partial charge in [-0.05, 0) is 30.2 Å². The lowest BCUT2D eigenvalue weighted by molar-refractivity contribution is -0.141. The van der Waals surface area contributed by atoms with Crippen LogP contribution in [0.5, 0.6) is 0 Å². The van der Waals surface area contributed by atoms with Crippen LogP contribution in [-0.4, -0.2) is 11.9 Å². The summed E-state index contributed by atoms with van der Waals surface area (Å²) in [6, 6.07) is 13.5. The Morgan fingerprint density at radius 3 is 2.69 bits per heavy atom. The third kappa shape index (κ3) is 3.94. The number of ether oxygens (including phenoxy) is 1. The zero-order chi connectivity index (χ0) is 18.7. The van der Waals surface area contributed by atoms with E-state index in [1.165, 1.54) is 18.2 Å². The van der Waals surface area contributed by atoms with Gasteiger partial charge in [-0.3, -0.25) is 4.79 Å². The van der Waals surface area contributed by atoms with E-state index in [0.29, 0.717) is 5.70 Å². The molecule has 0 saturated heterocycles. The molecule has 2 aromatic carbocycles. The van der Waals surface area contributed by atoms with Crippen LogP contribution in [0.4, 0.5) is 4.39 Å². The van der Waals surface area contributed by atoms with Crippen molar-refractivity contribution in [1.82, 2.24) is 5.32 Å². The summed E-state index contributed by atoms with van der Waals surface area (Å²) in [6.45, 7) is 1.71. The first kappa shape index (κ1) is 18.1. The Bertz CT molecular complexity index is 880. The molecule has 1 amide bonds. The Balaban J connectivity index is 1.89. The van der Waals surface area contributed by atoms with Gasteiger partial charge in [0.25, 0.3) is 0 Å². The maximum Gasteiger partial charge on any atom is 0.336 e. The number of amides is 1. The molecule has 0 fully saturated rings. The molecule has 0 radical (unpaired) electrons. The summed E-state index contributed by atoms with van der Waals surface area (Å²) in [6.07, 6.45) is -0.0360. The highest BCUT2D eigenvalue weighted by Gasteiger charge is 2.34. The maximum absolute atomic E-state index is 14.4. The smallest absolute Gasteiger partial charge is 0.336 e. The monoisotopic (exact) mass is 373 g/mol. The number of benzene rings is 2. The molecule has 1 aliphatic heterocycles. The molecular weight excluding hydrogens is 357 g/mol. The van der Waals surface area contributed by atoms with E-state index < -0.39 is 17.7 Å². The van der Waals surface area contributed by atoms with Crippen molar-refractivity contribution < 1.29 is 18.7 Å². The van der Waals surface area contributed by atoms with Crippen molar-refractivity contribution in [1.29, 1.82) is 0 Å².